The van der Waals surface area contributed by atoms with Crippen molar-refractivity contribution in [2.75, 3.05) is 6.26 Å². The van der Waals surface area contributed by atoms with E-state index in [4.69, 9.17) is 5.26 Å². The average Bonchev–Trinajstić information content (AvgIpc) is 2.31. The number of nitrogens with zero attached hydrogens (tertiary/aromatic N) is 3. The van der Waals surface area contributed by atoms with Crippen LogP contribution in [-0.2, 0) is 0 Å². The predicted molar refractivity (Wildman–Crippen MR) is 67.2 cm³/mol. The van der Waals surface area contributed by atoms with Crippen LogP contribution >= 0.6 is 11.8 Å². The number of aryl methyl sites for hydroxylation is 1. The lowest BCUT2D eigenvalue weighted by Crippen LogP contribution is -2.12. The van der Waals surface area contributed by atoms with Crippen LogP contribution in [0.25, 0.3) is 0 Å². The number of non-ortho nitro benzene ring substituents is 1. The SMILES string of the molecule is CSC(=Nc1c(C)cc([N+](=O)[O-])cc1F)NC#N. The van der Waals surface area contributed by atoms with E-state index in [-0.39, 0.29) is 16.5 Å². The van der Waals surface area contributed by atoms with E-state index < -0.39 is 10.7 Å². The second-order valence-corrected chi connectivity index (χ2v) is 4.00. The second-order valence-electron chi connectivity index (χ2n) is 3.21. The number of hydrogen-bond donors (Lipinski definition) is 1. The van der Waals surface area contributed by atoms with Gasteiger partial charge in [-0.3, -0.25) is 15.4 Å². The van der Waals surface area contributed by atoms with Gasteiger partial charge in [-0.1, -0.05) is 11.8 Å². The molecule has 0 aliphatic rings. The number of rotatable bonds is 2. The molecule has 0 aliphatic heterocycles. The van der Waals surface area contributed by atoms with Crippen molar-refractivity contribution < 1.29 is 9.31 Å². The Hall–Kier alpha value is -2.14. The normalized spacial score (nSPS) is 10.9. The van der Waals surface area contributed by atoms with Crippen LogP contribution in [0.3, 0.4) is 0 Å². The lowest BCUT2D eigenvalue weighted by atomic mass is 10.2. The molecule has 0 bridgehead atoms. The number of nitrogens with one attached hydrogen (secondary N) is 1. The first-order valence-electron chi connectivity index (χ1n) is 4.72. The second kappa shape index (κ2) is 5.97. The highest BCUT2D eigenvalue weighted by molar-refractivity contribution is 8.13. The van der Waals surface area contributed by atoms with Crippen molar-refractivity contribution in [3.8, 4) is 6.19 Å². The van der Waals surface area contributed by atoms with Gasteiger partial charge < -0.3 is 0 Å². The molecule has 0 spiro atoms. The molecule has 0 aromatic heterocycles. The molecule has 1 aromatic carbocycles. The Balaban J connectivity index is 3.27. The third-order valence-electron chi connectivity index (χ3n) is 2.02. The van der Waals surface area contributed by atoms with Gasteiger partial charge in [0.25, 0.3) is 5.69 Å². The van der Waals surface area contributed by atoms with Crippen LogP contribution < -0.4 is 5.32 Å². The number of thioether (sulfide) groups is 1. The van der Waals surface area contributed by atoms with Crippen LogP contribution in [0, 0.1) is 34.3 Å². The molecule has 0 atom stereocenters. The molecular weight excluding hydrogens is 259 g/mol. The number of nitro benzene ring substituents is 1. The summed E-state index contributed by atoms with van der Waals surface area (Å²) in [6.07, 6.45) is 3.34. The van der Waals surface area contributed by atoms with Gasteiger partial charge >= 0.3 is 0 Å². The van der Waals surface area contributed by atoms with Gasteiger partial charge in [0.05, 0.1) is 11.0 Å². The fourth-order valence-electron chi connectivity index (χ4n) is 1.24. The molecule has 18 heavy (non-hydrogen) atoms. The number of halogens is 1. The summed E-state index contributed by atoms with van der Waals surface area (Å²) in [6.45, 7) is 1.51. The smallest absolute Gasteiger partial charge is 0.271 e. The van der Waals surface area contributed by atoms with E-state index in [2.05, 4.69) is 10.3 Å². The molecule has 0 heterocycles. The first kappa shape index (κ1) is 13.9. The highest BCUT2D eigenvalue weighted by Gasteiger charge is 2.14. The molecular formula is C10H9FN4O2S. The maximum Gasteiger partial charge on any atom is 0.272 e. The summed E-state index contributed by atoms with van der Waals surface area (Å²) in [4.78, 5) is 13.8. The van der Waals surface area contributed by atoms with Crippen LogP contribution in [0.15, 0.2) is 17.1 Å². The summed E-state index contributed by atoms with van der Waals surface area (Å²) in [5.74, 6) is -0.798. The quantitative estimate of drug-likeness (QED) is 0.222. The van der Waals surface area contributed by atoms with Crippen molar-refractivity contribution in [3.63, 3.8) is 0 Å². The van der Waals surface area contributed by atoms with Gasteiger partial charge in [-0.2, -0.15) is 5.26 Å². The largest absolute Gasteiger partial charge is 0.272 e. The molecule has 1 N–H and O–H groups in total. The zero-order chi connectivity index (χ0) is 13.7. The zero-order valence-corrected chi connectivity index (χ0v) is 10.4. The molecule has 0 saturated heterocycles. The lowest BCUT2D eigenvalue weighted by Gasteiger charge is -2.04. The minimum atomic E-state index is -0.798. The van der Waals surface area contributed by atoms with Gasteiger partial charge in [0.2, 0.25) is 0 Å². The van der Waals surface area contributed by atoms with Gasteiger partial charge in [0.15, 0.2) is 17.2 Å². The predicted octanol–water partition coefficient (Wildman–Crippen LogP) is 2.46. The number of nitriles is 1. The maximum atomic E-state index is 13.7. The third kappa shape index (κ3) is 3.18. The number of amidine groups is 1. The van der Waals surface area contributed by atoms with Crippen LogP contribution in [0.1, 0.15) is 5.56 Å². The zero-order valence-electron chi connectivity index (χ0n) is 9.60. The molecule has 8 heteroatoms. The fraction of sp³-hybridized carbons (Fsp3) is 0.200. The van der Waals surface area contributed by atoms with Crippen LogP contribution in [0.5, 0.6) is 0 Å². The highest BCUT2D eigenvalue weighted by Crippen LogP contribution is 2.28. The first-order valence-corrected chi connectivity index (χ1v) is 5.94. The van der Waals surface area contributed by atoms with E-state index in [0.717, 1.165) is 17.8 Å². The summed E-state index contributed by atoms with van der Waals surface area (Å²) in [6, 6.07) is 2.03. The standard InChI is InChI=1S/C10H9FN4O2S/c1-6-3-7(15(16)17)4-8(11)9(6)14-10(18-2)13-5-12/h3-4H,1-2H3,(H,13,14). The number of benzene rings is 1. The van der Waals surface area contributed by atoms with Crippen LogP contribution in [-0.4, -0.2) is 16.3 Å². The van der Waals surface area contributed by atoms with Crippen molar-refractivity contribution in [1.82, 2.24) is 5.32 Å². The van der Waals surface area contributed by atoms with Gasteiger partial charge in [-0.25, -0.2) is 9.38 Å². The van der Waals surface area contributed by atoms with Crippen molar-refractivity contribution in [2.24, 2.45) is 4.99 Å². The molecule has 0 aliphatic carbocycles. The molecule has 94 valence electrons. The van der Waals surface area contributed by atoms with E-state index in [9.17, 15) is 14.5 Å². The molecule has 0 fully saturated rings. The molecule has 1 rings (SSSR count). The molecule has 1 aromatic rings. The van der Waals surface area contributed by atoms with E-state index in [1.807, 2.05) is 0 Å². The van der Waals surface area contributed by atoms with E-state index in [1.165, 1.54) is 13.0 Å². The summed E-state index contributed by atoms with van der Waals surface area (Å²) < 4.78 is 13.7. The fourth-order valence-corrected chi connectivity index (χ4v) is 1.57. The highest BCUT2D eigenvalue weighted by atomic mass is 32.2. The Kier molecular flexibility index (Phi) is 4.62. The third-order valence-corrected chi connectivity index (χ3v) is 2.60. The van der Waals surface area contributed by atoms with Gasteiger partial charge in [0, 0.05) is 6.07 Å². The Morgan fingerprint density at radius 1 is 1.67 bits per heavy atom. The van der Waals surface area contributed by atoms with Crippen LogP contribution in [0.4, 0.5) is 15.8 Å². The summed E-state index contributed by atoms with van der Waals surface area (Å²) >= 11 is 1.13. The number of nitro groups is 1. The van der Waals surface area contributed by atoms with Crippen LogP contribution in [0.2, 0.25) is 0 Å². The van der Waals surface area contributed by atoms with Gasteiger partial charge in [0.1, 0.15) is 5.69 Å². The van der Waals surface area contributed by atoms with Gasteiger partial charge in [-0.15, -0.1) is 0 Å². The van der Waals surface area contributed by atoms with E-state index >= 15 is 0 Å². The monoisotopic (exact) mass is 268 g/mol. The maximum absolute atomic E-state index is 13.7. The molecule has 0 saturated carbocycles. The first-order chi connectivity index (χ1) is 8.49. The number of aliphatic imine (C=N–C) groups is 1. The Morgan fingerprint density at radius 3 is 2.78 bits per heavy atom. The molecule has 0 amide bonds. The van der Waals surface area contributed by atoms with Gasteiger partial charge in [-0.05, 0) is 18.7 Å². The Morgan fingerprint density at radius 2 is 2.33 bits per heavy atom. The summed E-state index contributed by atoms with van der Waals surface area (Å²) in [5.41, 5.74) is -0.0245. The van der Waals surface area contributed by atoms with E-state index in [0.29, 0.717) is 5.56 Å². The Labute approximate surface area is 107 Å². The molecule has 0 radical (unpaired) electrons. The minimum Gasteiger partial charge on any atom is -0.271 e. The van der Waals surface area contributed by atoms with E-state index in [1.54, 1.807) is 12.4 Å². The lowest BCUT2D eigenvalue weighted by molar-refractivity contribution is -0.385. The minimum absolute atomic E-state index is 0.0206. The number of hydrogen-bond acceptors (Lipinski definition) is 5. The summed E-state index contributed by atoms with van der Waals surface area (Å²) in [7, 11) is 0. The summed E-state index contributed by atoms with van der Waals surface area (Å²) in [5, 5.41) is 21.5. The topological polar surface area (TPSA) is 91.3 Å². The molecule has 0 unspecified atom stereocenters. The Bertz CT molecular complexity index is 530. The van der Waals surface area contributed by atoms with Crippen molar-refractivity contribution in [2.45, 2.75) is 6.92 Å². The average molecular weight is 268 g/mol. The van der Waals surface area contributed by atoms with Crippen molar-refractivity contribution >= 4 is 28.3 Å². The van der Waals surface area contributed by atoms with Crippen molar-refractivity contribution in [1.29, 1.82) is 5.26 Å². The molecule has 6 nitrogen and oxygen atoms in total. The van der Waals surface area contributed by atoms with Crippen molar-refractivity contribution in [3.05, 3.63) is 33.6 Å².